The number of benzene rings is 3. The Balaban J connectivity index is 1.68. The average Bonchev–Trinajstić information content (AvgIpc) is 3.46. The normalized spacial score (nSPS) is 11.7. The van der Waals surface area contributed by atoms with Gasteiger partial charge >= 0.3 is 0 Å². The highest BCUT2D eigenvalue weighted by Gasteiger charge is 2.20. The van der Waals surface area contributed by atoms with Crippen LogP contribution in [0.3, 0.4) is 0 Å². The number of hydrogen-bond donors (Lipinski definition) is 2. The maximum atomic E-state index is 11.3. The van der Waals surface area contributed by atoms with Gasteiger partial charge in [0.05, 0.1) is 28.2 Å². The molecule has 5 rings (SSSR count). The highest BCUT2D eigenvalue weighted by atomic mass is 16.6. The number of imidazole rings is 1. The molecule has 0 bridgehead atoms. The van der Waals surface area contributed by atoms with Crippen LogP contribution in [-0.2, 0) is 0 Å². The summed E-state index contributed by atoms with van der Waals surface area (Å²) in [5, 5.41) is 22.6. The van der Waals surface area contributed by atoms with Crippen LogP contribution < -0.4 is 0 Å². The molecular weight excluding hydrogens is 406 g/mol. The number of aromatic nitrogens is 3. The predicted molar refractivity (Wildman–Crippen MR) is 122 cm³/mol. The molecule has 0 fully saturated rings. The van der Waals surface area contributed by atoms with Gasteiger partial charge in [0.1, 0.15) is 0 Å². The summed E-state index contributed by atoms with van der Waals surface area (Å²) < 4.78 is 1.89. The number of aromatic amines is 1. The lowest BCUT2D eigenvalue weighted by molar-refractivity contribution is -0.384. The molecule has 0 amide bonds. The summed E-state index contributed by atoms with van der Waals surface area (Å²) in [5.41, 5.74) is 3.82. The molecule has 0 radical (unpaired) electrons. The fraction of sp³-hybridized carbons (Fsp3) is 0. The molecular formula is C24H17N5O3. The Hall–Kier alpha value is -4.72. The Morgan fingerprint density at radius 3 is 2.53 bits per heavy atom. The average molecular weight is 423 g/mol. The molecule has 0 aliphatic carbocycles. The molecule has 2 N–H and O–H groups in total. The minimum absolute atomic E-state index is 0.0603. The van der Waals surface area contributed by atoms with Crippen molar-refractivity contribution >= 4 is 28.0 Å². The number of aromatic hydroxyl groups is 1. The first-order chi connectivity index (χ1) is 15.6. The van der Waals surface area contributed by atoms with Gasteiger partial charge in [0.25, 0.3) is 5.69 Å². The number of rotatable bonds is 5. The molecule has 0 saturated heterocycles. The van der Waals surface area contributed by atoms with Gasteiger partial charge in [-0.15, -0.1) is 0 Å². The highest BCUT2D eigenvalue weighted by molar-refractivity contribution is 6.22. The number of nitro groups is 1. The molecule has 156 valence electrons. The summed E-state index contributed by atoms with van der Waals surface area (Å²) in [4.78, 5) is 22.6. The van der Waals surface area contributed by atoms with Gasteiger partial charge in [0.2, 0.25) is 0 Å². The second-order valence-electron chi connectivity index (χ2n) is 7.15. The molecule has 8 heteroatoms. The van der Waals surface area contributed by atoms with Gasteiger partial charge in [-0.2, -0.15) is 0 Å². The van der Waals surface area contributed by atoms with E-state index in [2.05, 4.69) is 9.97 Å². The zero-order valence-corrected chi connectivity index (χ0v) is 16.7. The van der Waals surface area contributed by atoms with Gasteiger partial charge in [-0.1, -0.05) is 30.3 Å². The lowest BCUT2D eigenvalue weighted by Crippen LogP contribution is -2.03. The van der Waals surface area contributed by atoms with Crippen LogP contribution >= 0.6 is 0 Å². The lowest BCUT2D eigenvalue weighted by Gasteiger charge is -2.08. The molecule has 0 unspecified atom stereocenters. The molecule has 2 heterocycles. The molecule has 5 aromatic rings. The van der Waals surface area contributed by atoms with E-state index >= 15 is 0 Å². The van der Waals surface area contributed by atoms with E-state index in [1.54, 1.807) is 18.6 Å². The first kappa shape index (κ1) is 19.3. The van der Waals surface area contributed by atoms with Crippen molar-refractivity contribution in [2.45, 2.75) is 0 Å². The zero-order chi connectivity index (χ0) is 22.1. The number of nitrogens with one attached hydrogen (secondary N) is 1. The van der Waals surface area contributed by atoms with Gasteiger partial charge < -0.3 is 14.7 Å². The number of H-pyrrole nitrogens is 1. The van der Waals surface area contributed by atoms with E-state index in [1.165, 1.54) is 12.1 Å². The number of aliphatic imine (C=N–C) groups is 1. The molecule has 3 aromatic carbocycles. The van der Waals surface area contributed by atoms with Crippen LogP contribution in [0.1, 0.15) is 11.1 Å². The quantitative estimate of drug-likeness (QED) is 0.232. The van der Waals surface area contributed by atoms with E-state index in [0.717, 1.165) is 11.3 Å². The Labute approximate surface area is 182 Å². The molecule has 0 saturated carbocycles. The van der Waals surface area contributed by atoms with Crippen molar-refractivity contribution in [3.05, 3.63) is 113 Å². The van der Waals surface area contributed by atoms with Crippen LogP contribution in [0.5, 0.6) is 5.88 Å². The molecule has 0 aliphatic heterocycles. The lowest BCUT2D eigenvalue weighted by atomic mass is 10.0. The van der Waals surface area contributed by atoms with E-state index in [1.807, 2.05) is 65.4 Å². The molecule has 32 heavy (non-hydrogen) atoms. The number of fused-ring (bicyclic) bond motifs is 1. The summed E-state index contributed by atoms with van der Waals surface area (Å²) in [6.07, 6.45) is 5.27. The van der Waals surface area contributed by atoms with E-state index in [4.69, 9.17) is 4.99 Å². The molecule has 0 aliphatic rings. The summed E-state index contributed by atoms with van der Waals surface area (Å²) in [6.45, 7) is 0. The van der Waals surface area contributed by atoms with Crippen molar-refractivity contribution in [3.63, 3.8) is 0 Å². The largest absolute Gasteiger partial charge is 0.494 e. The van der Waals surface area contributed by atoms with Gasteiger partial charge in [0, 0.05) is 46.7 Å². The van der Waals surface area contributed by atoms with Crippen molar-refractivity contribution in [1.29, 1.82) is 0 Å². The second-order valence-corrected chi connectivity index (χ2v) is 7.15. The Bertz CT molecular complexity index is 1440. The minimum atomic E-state index is -0.457. The molecule has 8 nitrogen and oxygen atoms in total. The third-order valence-electron chi connectivity index (χ3n) is 5.15. The van der Waals surface area contributed by atoms with E-state index < -0.39 is 4.92 Å². The third kappa shape index (κ3) is 3.50. The smallest absolute Gasteiger partial charge is 0.270 e. The van der Waals surface area contributed by atoms with Gasteiger partial charge in [-0.05, 0) is 30.3 Å². The summed E-state index contributed by atoms with van der Waals surface area (Å²) in [6, 6.07) is 21.4. The fourth-order valence-corrected chi connectivity index (χ4v) is 3.62. The first-order valence-electron chi connectivity index (χ1n) is 9.82. The van der Waals surface area contributed by atoms with Crippen molar-refractivity contribution < 1.29 is 10.0 Å². The van der Waals surface area contributed by atoms with Crippen LogP contribution in [0.15, 0.2) is 96.5 Å². The highest BCUT2D eigenvalue weighted by Crippen LogP contribution is 2.33. The standard InChI is InChI=1S/C24H17N5O3/c30-24-22(20-14-19(29(31)32)10-11-21(20)27-24)23(16-4-2-1-3-5-16)26-17-6-8-18(9-7-17)28-13-12-25-15-28/h1-15,27,30H. The molecule has 0 atom stereocenters. The summed E-state index contributed by atoms with van der Waals surface area (Å²) >= 11 is 0. The van der Waals surface area contributed by atoms with Crippen LogP contribution in [0.2, 0.25) is 0 Å². The summed E-state index contributed by atoms with van der Waals surface area (Å²) in [7, 11) is 0. The number of hydrogen-bond acceptors (Lipinski definition) is 5. The third-order valence-corrected chi connectivity index (χ3v) is 5.15. The van der Waals surface area contributed by atoms with Crippen LogP contribution in [0.25, 0.3) is 16.6 Å². The minimum Gasteiger partial charge on any atom is -0.494 e. The van der Waals surface area contributed by atoms with Gasteiger partial charge in [-0.3, -0.25) is 10.1 Å². The van der Waals surface area contributed by atoms with Gasteiger partial charge in [-0.25, -0.2) is 9.98 Å². The van der Waals surface area contributed by atoms with E-state index in [9.17, 15) is 15.2 Å². The van der Waals surface area contributed by atoms with Crippen LogP contribution in [-0.4, -0.2) is 30.3 Å². The Morgan fingerprint density at radius 1 is 1.06 bits per heavy atom. The van der Waals surface area contributed by atoms with Crippen molar-refractivity contribution in [2.75, 3.05) is 0 Å². The molecule has 0 spiro atoms. The maximum Gasteiger partial charge on any atom is 0.270 e. The van der Waals surface area contributed by atoms with Crippen molar-refractivity contribution in [1.82, 2.24) is 14.5 Å². The fourth-order valence-electron chi connectivity index (χ4n) is 3.62. The van der Waals surface area contributed by atoms with Crippen LogP contribution in [0.4, 0.5) is 11.4 Å². The monoisotopic (exact) mass is 423 g/mol. The number of nitro benzene ring substituents is 1. The first-order valence-corrected chi connectivity index (χ1v) is 9.82. The van der Waals surface area contributed by atoms with Gasteiger partial charge in [0.15, 0.2) is 5.88 Å². The van der Waals surface area contributed by atoms with E-state index in [0.29, 0.717) is 27.9 Å². The SMILES string of the molecule is O=[N+]([O-])c1ccc2[nH]c(O)c(C(=Nc3ccc(-n4ccnc4)cc3)c3ccccc3)c2c1. The van der Waals surface area contributed by atoms with Crippen molar-refractivity contribution in [2.24, 2.45) is 4.99 Å². The zero-order valence-electron chi connectivity index (χ0n) is 16.7. The second kappa shape index (κ2) is 7.84. The van der Waals surface area contributed by atoms with Crippen LogP contribution in [0, 0.1) is 10.1 Å². The topological polar surface area (TPSA) is 109 Å². The summed E-state index contributed by atoms with van der Waals surface area (Å²) in [5.74, 6) is -0.0989. The number of non-ortho nitro benzene ring substituents is 1. The molecule has 2 aromatic heterocycles. The van der Waals surface area contributed by atoms with E-state index in [-0.39, 0.29) is 11.6 Å². The Morgan fingerprint density at radius 2 is 1.84 bits per heavy atom. The number of nitrogens with zero attached hydrogens (tertiary/aromatic N) is 4. The Kier molecular flexibility index (Phi) is 4.72. The van der Waals surface area contributed by atoms with Crippen molar-refractivity contribution in [3.8, 4) is 11.6 Å². The maximum absolute atomic E-state index is 11.3. The predicted octanol–water partition coefficient (Wildman–Crippen LogP) is 5.14.